The molecule has 2 heterocycles. The van der Waals surface area contributed by atoms with Gasteiger partial charge in [-0.05, 0) is 43.6 Å². The van der Waals surface area contributed by atoms with Crippen LogP contribution in [0.1, 0.15) is 26.2 Å². The minimum absolute atomic E-state index is 0.190. The van der Waals surface area contributed by atoms with Gasteiger partial charge in [0, 0.05) is 19.4 Å². The molecule has 0 radical (unpaired) electrons. The lowest BCUT2D eigenvalue weighted by Crippen LogP contribution is -2.47. The van der Waals surface area contributed by atoms with Crippen molar-refractivity contribution in [2.75, 3.05) is 20.3 Å². The molecule has 0 spiro atoms. The zero-order chi connectivity index (χ0) is 19.5. The molecule has 2 aromatic carbocycles. The molecular formula is C23H27N2O2P. The predicted octanol–water partition coefficient (Wildman–Crippen LogP) is 3.61. The molecular weight excluding hydrogens is 367 g/mol. The van der Waals surface area contributed by atoms with E-state index in [1.807, 2.05) is 5.01 Å². The van der Waals surface area contributed by atoms with E-state index in [2.05, 4.69) is 72.6 Å². The number of hydrogen-bond acceptors (Lipinski definition) is 3. The number of hydrogen-bond donors (Lipinski definition) is 0. The molecule has 1 fully saturated rings. The summed E-state index contributed by atoms with van der Waals surface area (Å²) in [4.78, 5) is 13.1. The lowest BCUT2D eigenvalue weighted by molar-refractivity contribution is -0.143. The molecule has 0 unspecified atom stereocenters. The summed E-state index contributed by atoms with van der Waals surface area (Å²) < 4.78 is 5.41. The molecule has 0 N–H and O–H groups in total. The minimum atomic E-state index is -0.722. The van der Waals surface area contributed by atoms with Crippen molar-refractivity contribution in [3.8, 4) is 0 Å². The van der Waals surface area contributed by atoms with Gasteiger partial charge in [-0.3, -0.25) is 4.79 Å². The summed E-state index contributed by atoms with van der Waals surface area (Å²) in [5.41, 5.74) is 1.10. The third-order valence-corrected chi connectivity index (χ3v) is 8.20. The van der Waals surface area contributed by atoms with Gasteiger partial charge >= 0.3 is 0 Å². The molecule has 28 heavy (non-hydrogen) atoms. The van der Waals surface area contributed by atoms with Gasteiger partial charge in [0.2, 0.25) is 5.91 Å². The molecule has 0 aromatic heterocycles. The molecule has 2 aliphatic rings. The number of rotatable bonds is 6. The molecule has 5 heteroatoms. The van der Waals surface area contributed by atoms with Crippen molar-refractivity contribution in [2.24, 2.45) is 0 Å². The van der Waals surface area contributed by atoms with E-state index in [1.165, 1.54) is 15.9 Å². The zero-order valence-corrected chi connectivity index (χ0v) is 17.4. The van der Waals surface area contributed by atoms with Gasteiger partial charge in [-0.15, -0.1) is 0 Å². The highest BCUT2D eigenvalue weighted by atomic mass is 31.1. The summed E-state index contributed by atoms with van der Waals surface area (Å²) in [5, 5.41) is 8.04. The molecule has 2 aromatic rings. The van der Waals surface area contributed by atoms with Crippen LogP contribution in [0.15, 0.2) is 71.7 Å². The van der Waals surface area contributed by atoms with Crippen LogP contribution < -0.4 is 10.6 Å². The fourth-order valence-electron chi connectivity index (χ4n) is 4.29. The highest BCUT2D eigenvalue weighted by Crippen LogP contribution is 2.50. The van der Waals surface area contributed by atoms with Crippen LogP contribution in [0.3, 0.4) is 0 Å². The van der Waals surface area contributed by atoms with Gasteiger partial charge in [0.1, 0.15) is 0 Å². The molecule has 0 bridgehead atoms. The number of allylic oxidation sites excluding steroid dienone is 1. The number of carbonyl (C=O) groups is 1. The summed E-state index contributed by atoms with van der Waals surface area (Å²) in [6, 6.07) is 21.5. The first kappa shape index (κ1) is 19.3. The molecule has 1 amide bonds. The lowest BCUT2D eigenvalue weighted by atomic mass is 10.2. The molecule has 4 rings (SSSR count). The van der Waals surface area contributed by atoms with E-state index in [-0.39, 0.29) is 11.9 Å². The number of benzene rings is 2. The van der Waals surface area contributed by atoms with Crippen molar-refractivity contribution < 1.29 is 9.53 Å². The molecule has 0 aliphatic carbocycles. The summed E-state index contributed by atoms with van der Waals surface area (Å²) in [6.45, 7) is 3.70. The maximum Gasteiger partial charge on any atom is 0.245 e. The third-order valence-electron chi connectivity index (χ3n) is 5.55. The predicted molar refractivity (Wildman–Crippen MR) is 115 cm³/mol. The quantitative estimate of drug-likeness (QED) is 0.702. The van der Waals surface area contributed by atoms with Gasteiger partial charge in [0.25, 0.3) is 0 Å². The number of amides is 1. The molecule has 2 aliphatic heterocycles. The Morgan fingerprint density at radius 3 is 2.21 bits per heavy atom. The second-order valence-corrected chi connectivity index (χ2v) is 9.58. The molecule has 0 saturated carbocycles. The van der Waals surface area contributed by atoms with E-state index >= 15 is 0 Å². The van der Waals surface area contributed by atoms with Crippen molar-refractivity contribution in [3.05, 3.63) is 71.7 Å². The van der Waals surface area contributed by atoms with Crippen LogP contribution >= 0.6 is 7.92 Å². The van der Waals surface area contributed by atoms with Crippen LogP contribution in [-0.4, -0.2) is 42.2 Å². The smallest absolute Gasteiger partial charge is 0.245 e. The second kappa shape index (κ2) is 8.57. The van der Waals surface area contributed by atoms with Crippen LogP contribution in [0.2, 0.25) is 0 Å². The summed E-state index contributed by atoms with van der Waals surface area (Å²) >= 11 is 0. The Bertz CT molecular complexity index is 814. The van der Waals surface area contributed by atoms with Gasteiger partial charge in [-0.2, -0.15) is 0 Å². The Morgan fingerprint density at radius 1 is 1.04 bits per heavy atom. The molecule has 1 saturated heterocycles. The number of methoxy groups -OCH3 is 1. The van der Waals surface area contributed by atoms with Crippen molar-refractivity contribution >= 4 is 24.4 Å². The van der Waals surface area contributed by atoms with E-state index in [9.17, 15) is 4.79 Å². The third kappa shape index (κ3) is 3.65. The minimum Gasteiger partial charge on any atom is -0.383 e. The van der Waals surface area contributed by atoms with E-state index in [0.29, 0.717) is 13.0 Å². The lowest BCUT2D eigenvalue weighted by Gasteiger charge is -2.34. The number of ether oxygens (including phenoxy) is 1. The first-order valence-electron chi connectivity index (χ1n) is 9.89. The summed E-state index contributed by atoms with van der Waals surface area (Å²) in [7, 11) is 1.01. The Kier molecular flexibility index (Phi) is 5.91. The van der Waals surface area contributed by atoms with Crippen molar-refractivity contribution in [3.63, 3.8) is 0 Å². The van der Waals surface area contributed by atoms with E-state index < -0.39 is 7.92 Å². The summed E-state index contributed by atoms with van der Waals surface area (Å²) in [5.74, 6) is 0.190. The van der Waals surface area contributed by atoms with E-state index in [1.54, 1.807) is 7.11 Å². The van der Waals surface area contributed by atoms with Crippen LogP contribution in [0.4, 0.5) is 0 Å². The number of nitrogens with zero attached hydrogens (tertiary/aromatic N) is 2. The maximum absolute atomic E-state index is 13.1. The van der Waals surface area contributed by atoms with E-state index in [0.717, 1.165) is 25.1 Å². The maximum atomic E-state index is 13.1. The van der Waals surface area contributed by atoms with Crippen molar-refractivity contribution in [2.45, 2.75) is 32.2 Å². The SMILES string of the molecule is COC[C@H]1CCCN1N1C(=O)CC(P(c2ccccc2)c2ccccc2)=C1C. The standard InChI is InChI=1S/C23H27N2O2P/c1-18-22(16-23(26)25(18)24-15-9-10-19(24)17-27-2)28(20-11-5-3-6-12-20)21-13-7-4-8-14-21/h3-8,11-14,19H,9-10,15-17H2,1-2H3/t19-/m1/s1. The Labute approximate surface area is 168 Å². The topological polar surface area (TPSA) is 32.8 Å². The molecule has 146 valence electrons. The fraction of sp³-hybridized carbons (Fsp3) is 0.348. The Balaban J connectivity index is 1.74. The number of carbonyl (C=O) groups excluding carboxylic acids is 1. The summed E-state index contributed by atoms with van der Waals surface area (Å²) in [6.07, 6.45) is 2.68. The average molecular weight is 394 g/mol. The van der Waals surface area contributed by atoms with Gasteiger partial charge < -0.3 is 4.74 Å². The average Bonchev–Trinajstić information content (AvgIpc) is 3.28. The largest absolute Gasteiger partial charge is 0.383 e. The van der Waals surface area contributed by atoms with Gasteiger partial charge in [-0.25, -0.2) is 10.0 Å². The van der Waals surface area contributed by atoms with Crippen LogP contribution in [0, 0.1) is 0 Å². The highest BCUT2D eigenvalue weighted by molar-refractivity contribution is 7.76. The molecule has 1 atom stereocenters. The van der Waals surface area contributed by atoms with Crippen LogP contribution in [-0.2, 0) is 9.53 Å². The zero-order valence-electron chi connectivity index (χ0n) is 16.5. The van der Waals surface area contributed by atoms with Gasteiger partial charge in [0.15, 0.2) is 0 Å². The second-order valence-electron chi connectivity index (χ2n) is 7.34. The fourth-order valence-corrected chi connectivity index (χ4v) is 6.87. The van der Waals surface area contributed by atoms with Gasteiger partial charge in [-0.1, -0.05) is 60.7 Å². The van der Waals surface area contributed by atoms with Crippen molar-refractivity contribution in [1.82, 2.24) is 10.0 Å². The van der Waals surface area contributed by atoms with E-state index in [4.69, 9.17) is 4.74 Å². The molecule has 4 nitrogen and oxygen atoms in total. The normalized spacial score (nSPS) is 20.6. The van der Waals surface area contributed by atoms with Crippen molar-refractivity contribution in [1.29, 1.82) is 0 Å². The monoisotopic (exact) mass is 394 g/mol. The first-order chi connectivity index (χ1) is 13.7. The van der Waals surface area contributed by atoms with Crippen LogP contribution in [0.5, 0.6) is 0 Å². The van der Waals surface area contributed by atoms with Crippen LogP contribution in [0.25, 0.3) is 0 Å². The Morgan fingerprint density at radius 2 is 1.64 bits per heavy atom. The van der Waals surface area contributed by atoms with Gasteiger partial charge in [0.05, 0.1) is 19.1 Å². The first-order valence-corrected chi connectivity index (χ1v) is 11.2. The number of hydrazine groups is 1. The Hall–Kier alpha value is -2.00. The highest BCUT2D eigenvalue weighted by Gasteiger charge is 2.40.